The van der Waals surface area contributed by atoms with E-state index in [2.05, 4.69) is 29.4 Å². The minimum absolute atomic E-state index is 0.132. The minimum atomic E-state index is -4.76. The lowest BCUT2D eigenvalue weighted by atomic mass is 10.0. The zero-order chi connectivity index (χ0) is 35.3. The number of nitrogens with one attached hydrogen (secondary N) is 2. The van der Waals surface area contributed by atoms with E-state index < -0.39 is 20.1 Å². The zero-order valence-electron chi connectivity index (χ0n) is 27.7. The second-order valence-electron chi connectivity index (χ2n) is 11.7. The standard InChI is InChI=1S/C39H38N4O5S2/c1-3-42(4-2)32-23-25-33(26-24-32)43(49(44,45)28-29-15-8-5-9-16-29)39-34-21-14-22-37(50(46,47)48)38(34)35(40-30-17-10-6-11-18-30)27-36(39)41-31-19-12-7-13-20-31/h5-27,40-41H,3-4,28H2,1-2H3,(H,46,47,48). The molecule has 6 aromatic carbocycles. The molecule has 50 heavy (non-hydrogen) atoms. The second kappa shape index (κ2) is 14.6. The summed E-state index contributed by atoms with van der Waals surface area (Å²) in [5.74, 6) is -0.333. The summed E-state index contributed by atoms with van der Waals surface area (Å²) in [7, 11) is -8.97. The molecule has 0 saturated heterocycles. The highest BCUT2D eigenvalue weighted by atomic mass is 32.2. The molecule has 0 spiro atoms. The molecule has 11 heteroatoms. The van der Waals surface area contributed by atoms with E-state index in [0.29, 0.717) is 34.0 Å². The van der Waals surface area contributed by atoms with E-state index in [1.54, 1.807) is 48.5 Å². The van der Waals surface area contributed by atoms with Gasteiger partial charge in [0.2, 0.25) is 10.0 Å². The summed E-state index contributed by atoms with van der Waals surface area (Å²) < 4.78 is 67.4. The number of nitrogens with zero attached hydrogens (tertiary/aromatic N) is 2. The quantitative estimate of drug-likeness (QED) is 0.102. The molecule has 0 aliphatic rings. The van der Waals surface area contributed by atoms with Gasteiger partial charge in [-0.05, 0) is 80.1 Å². The van der Waals surface area contributed by atoms with Gasteiger partial charge in [-0.25, -0.2) is 12.7 Å². The normalized spacial score (nSPS) is 11.7. The van der Waals surface area contributed by atoms with E-state index in [4.69, 9.17) is 0 Å². The number of anilines is 7. The van der Waals surface area contributed by atoms with Gasteiger partial charge in [-0.3, -0.25) is 4.55 Å². The first-order valence-electron chi connectivity index (χ1n) is 16.2. The summed E-state index contributed by atoms with van der Waals surface area (Å²) >= 11 is 0. The van der Waals surface area contributed by atoms with E-state index in [9.17, 15) is 21.4 Å². The summed E-state index contributed by atoms with van der Waals surface area (Å²) in [5.41, 5.74) is 4.15. The van der Waals surface area contributed by atoms with Gasteiger partial charge >= 0.3 is 0 Å². The summed E-state index contributed by atoms with van der Waals surface area (Å²) in [5, 5.41) is 7.14. The van der Waals surface area contributed by atoms with Crippen LogP contribution in [0.4, 0.5) is 39.8 Å². The number of para-hydroxylation sites is 2. The van der Waals surface area contributed by atoms with Gasteiger partial charge < -0.3 is 15.5 Å². The Balaban J connectivity index is 1.70. The van der Waals surface area contributed by atoms with Crippen LogP contribution in [-0.2, 0) is 25.9 Å². The second-order valence-corrected chi connectivity index (χ2v) is 14.9. The number of hydrogen-bond acceptors (Lipinski definition) is 7. The average molecular weight is 707 g/mol. The van der Waals surface area contributed by atoms with E-state index in [-0.39, 0.29) is 27.1 Å². The molecule has 0 radical (unpaired) electrons. The molecule has 3 N–H and O–H groups in total. The van der Waals surface area contributed by atoms with E-state index in [1.165, 1.54) is 16.4 Å². The van der Waals surface area contributed by atoms with Crippen LogP contribution >= 0.6 is 0 Å². The Morgan fingerprint density at radius 3 is 1.66 bits per heavy atom. The number of hydrogen-bond donors (Lipinski definition) is 3. The fraction of sp³-hybridized carbons (Fsp3) is 0.128. The molecule has 0 saturated carbocycles. The Labute approximate surface area is 293 Å². The van der Waals surface area contributed by atoms with Crippen molar-refractivity contribution in [3.8, 4) is 0 Å². The highest BCUT2D eigenvalue weighted by molar-refractivity contribution is 7.92. The Morgan fingerprint density at radius 1 is 0.600 bits per heavy atom. The van der Waals surface area contributed by atoms with Gasteiger partial charge in [0.1, 0.15) is 4.90 Å². The molecule has 0 aromatic heterocycles. The van der Waals surface area contributed by atoms with Crippen molar-refractivity contribution >= 4 is 70.7 Å². The molecule has 0 amide bonds. The maximum absolute atomic E-state index is 14.8. The van der Waals surface area contributed by atoms with Gasteiger partial charge in [0, 0.05) is 40.9 Å². The monoisotopic (exact) mass is 706 g/mol. The SMILES string of the molecule is CCN(CC)c1ccc(N(c2c(Nc3ccccc3)cc(Nc3ccccc3)c3c(S(=O)(=O)O)cccc23)S(=O)(=O)Cc2ccccc2)cc1. The summed E-state index contributed by atoms with van der Waals surface area (Å²) in [4.78, 5) is 1.80. The first-order chi connectivity index (χ1) is 24.1. The third-order valence-corrected chi connectivity index (χ3v) is 10.9. The number of benzene rings is 6. The maximum atomic E-state index is 14.8. The zero-order valence-corrected chi connectivity index (χ0v) is 29.3. The van der Waals surface area contributed by atoms with Crippen LogP contribution in [0.5, 0.6) is 0 Å². The first-order valence-corrected chi connectivity index (χ1v) is 19.3. The number of rotatable bonds is 13. The van der Waals surface area contributed by atoms with Crippen molar-refractivity contribution in [1.29, 1.82) is 0 Å². The Kier molecular flexibility index (Phi) is 10.1. The Morgan fingerprint density at radius 2 is 1.12 bits per heavy atom. The smallest absolute Gasteiger partial charge is 0.295 e. The van der Waals surface area contributed by atoms with Crippen LogP contribution in [0.2, 0.25) is 0 Å². The lowest BCUT2D eigenvalue weighted by Crippen LogP contribution is -2.29. The first kappa shape index (κ1) is 34.5. The van der Waals surface area contributed by atoms with Crippen LogP contribution in [0.15, 0.2) is 144 Å². The fourth-order valence-electron chi connectivity index (χ4n) is 6.08. The van der Waals surface area contributed by atoms with Crippen molar-refractivity contribution in [1.82, 2.24) is 0 Å². The van der Waals surface area contributed by atoms with E-state index >= 15 is 0 Å². The van der Waals surface area contributed by atoms with Crippen molar-refractivity contribution in [2.24, 2.45) is 0 Å². The van der Waals surface area contributed by atoms with Gasteiger partial charge in [0.05, 0.1) is 28.5 Å². The van der Waals surface area contributed by atoms with Gasteiger partial charge in [-0.1, -0.05) is 78.9 Å². The van der Waals surface area contributed by atoms with E-state index in [0.717, 1.165) is 18.8 Å². The number of fused-ring (bicyclic) bond motifs is 1. The van der Waals surface area contributed by atoms with Crippen LogP contribution in [0.1, 0.15) is 19.4 Å². The summed E-state index contributed by atoms with van der Waals surface area (Å²) in [6.07, 6.45) is 0. The predicted molar refractivity (Wildman–Crippen MR) is 204 cm³/mol. The van der Waals surface area contributed by atoms with E-state index in [1.807, 2.05) is 78.9 Å². The molecule has 0 fully saturated rings. The van der Waals surface area contributed by atoms with Gasteiger partial charge in [0.25, 0.3) is 10.1 Å². The molecule has 9 nitrogen and oxygen atoms in total. The summed E-state index contributed by atoms with van der Waals surface area (Å²) in [6, 6.07) is 40.9. The van der Waals surface area contributed by atoms with Crippen molar-refractivity contribution in [2.75, 3.05) is 32.9 Å². The predicted octanol–water partition coefficient (Wildman–Crippen LogP) is 9.09. The lowest BCUT2D eigenvalue weighted by Gasteiger charge is -2.30. The van der Waals surface area contributed by atoms with Crippen LogP contribution in [0, 0.1) is 0 Å². The molecular weight excluding hydrogens is 669 g/mol. The van der Waals surface area contributed by atoms with Crippen molar-refractivity contribution < 1.29 is 21.4 Å². The molecule has 0 unspecified atom stereocenters. The molecular formula is C39H38N4O5S2. The molecule has 0 aliphatic carbocycles. The van der Waals surface area contributed by atoms with Crippen molar-refractivity contribution in [3.63, 3.8) is 0 Å². The highest BCUT2D eigenvalue weighted by Gasteiger charge is 2.32. The molecule has 0 heterocycles. The van der Waals surface area contributed by atoms with Gasteiger partial charge in [-0.15, -0.1) is 0 Å². The lowest BCUT2D eigenvalue weighted by molar-refractivity contribution is 0.484. The van der Waals surface area contributed by atoms with Crippen molar-refractivity contribution in [2.45, 2.75) is 24.5 Å². The average Bonchev–Trinajstić information content (AvgIpc) is 3.11. The largest absolute Gasteiger partial charge is 0.372 e. The maximum Gasteiger partial charge on any atom is 0.295 e. The molecule has 256 valence electrons. The number of sulfonamides is 1. The third kappa shape index (κ3) is 7.45. The highest BCUT2D eigenvalue weighted by Crippen LogP contribution is 2.47. The molecule has 6 rings (SSSR count). The van der Waals surface area contributed by atoms with Crippen LogP contribution in [-0.4, -0.2) is 34.5 Å². The van der Waals surface area contributed by atoms with Crippen LogP contribution < -0.4 is 19.8 Å². The third-order valence-electron chi connectivity index (χ3n) is 8.36. The fourth-order valence-corrected chi connectivity index (χ4v) is 8.47. The minimum Gasteiger partial charge on any atom is -0.372 e. The van der Waals surface area contributed by atoms with Crippen LogP contribution in [0.3, 0.4) is 0 Å². The molecule has 0 atom stereocenters. The van der Waals surface area contributed by atoms with Gasteiger partial charge in [-0.2, -0.15) is 8.42 Å². The van der Waals surface area contributed by atoms with Crippen molar-refractivity contribution in [3.05, 3.63) is 145 Å². The molecule has 6 aromatic rings. The topological polar surface area (TPSA) is 119 Å². The molecule has 0 bridgehead atoms. The Bertz CT molecular complexity index is 2300. The Hall–Kier alpha value is -5.36. The summed E-state index contributed by atoms with van der Waals surface area (Å²) in [6.45, 7) is 5.66. The van der Waals surface area contributed by atoms with Gasteiger partial charge in [0.15, 0.2) is 0 Å². The molecule has 0 aliphatic heterocycles. The van der Waals surface area contributed by atoms with Crippen LogP contribution in [0.25, 0.3) is 10.8 Å².